The van der Waals surface area contributed by atoms with Gasteiger partial charge >= 0.3 is 0 Å². The number of benzene rings is 2. The summed E-state index contributed by atoms with van der Waals surface area (Å²) in [4.78, 5) is -0.235. The standard InChI is InChI=1S/C20H19FN2O3S/c1-2-6-14-7-3-4-10-17(14)20-18(12-22)23(19(20)13-24)27(25,26)16-9-5-8-15(21)11-16/h2-11,18-20,24H,13H2,1H3/b6-2+/t18-,19+,20-/m0/s1. The average molecular weight is 386 g/mol. The maximum absolute atomic E-state index is 13.5. The third kappa shape index (κ3) is 3.28. The molecule has 1 fully saturated rings. The fourth-order valence-corrected chi connectivity index (χ4v) is 5.35. The minimum absolute atomic E-state index is 0.235. The molecule has 1 aliphatic heterocycles. The Morgan fingerprint density at radius 1 is 1.26 bits per heavy atom. The van der Waals surface area contributed by atoms with Gasteiger partial charge in [0.2, 0.25) is 10.0 Å². The SMILES string of the molecule is C/C=C/c1ccccc1[C@@H]1[C@@H](CO)N(S(=O)(=O)c2cccc(F)c2)[C@H]1C#N. The number of allylic oxidation sites excluding steroid dienone is 1. The van der Waals surface area contributed by atoms with Crippen LogP contribution in [0.5, 0.6) is 0 Å². The highest BCUT2D eigenvalue weighted by atomic mass is 32.2. The van der Waals surface area contributed by atoms with Gasteiger partial charge in [0.15, 0.2) is 0 Å². The van der Waals surface area contributed by atoms with Crippen molar-refractivity contribution in [3.05, 3.63) is 71.6 Å². The number of rotatable bonds is 5. The van der Waals surface area contributed by atoms with Crippen molar-refractivity contribution in [1.82, 2.24) is 4.31 Å². The molecule has 0 aliphatic carbocycles. The Kier molecular flexibility index (Phi) is 5.42. The van der Waals surface area contributed by atoms with Gasteiger partial charge in [-0.1, -0.05) is 42.5 Å². The summed E-state index contributed by atoms with van der Waals surface area (Å²) >= 11 is 0. The second-order valence-electron chi connectivity index (χ2n) is 6.27. The number of aliphatic hydroxyl groups is 1. The monoisotopic (exact) mass is 386 g/mol. The predicted molar refractivity (Wildman–Crippen MR) is 99.6 cm³/mol. The van der Waals surface area contributed by atoms with Gasteiger partial charge in [-0.25, -0.2) is 12.8 Å². The molecule has 27 heavy (non-hydrogen) atoms. The number of aliphatic hydroxyl groups excluding tert-OH is 1. The molecule has 1 heterocycles. The summed E-state index contributed by atoms with van der Waals surface area (Å²) in [5.41, 5.74) is 1.67. The average Bonchev–Trinajstić information content (AvgIpc) is 2.63. The van der Waals surface area contributed by atoms with E-state index in [-0.39, 0.29) is 4.90 Å². The summed E-state index contributed by atoms with van der Waals surface area (Å²) in [5, 5.41) is 19.5. The van der Waals surface area contributed by atoms with Gasteiger partial charge in [0.25, 0.3) is 0 Å². The van der Waals surface area contributed by atoms with Crippen molar-refractivity contribution in [3.63, 3.8) is 0 Å². The number of sulfonamides is 1. The third-order valence-corrected chi connectivity index (χ3v) is 6.65. The first-order valence-corrected chi connectivity index (χ1v) is 9.91. The molecular formula is C20H19FN2O3S. The highest BCUT2D eigenvalue weighted by Gasteiger charge is 2.55. The van der Waals surface area contributed by atoms with Crippen LogP contribution in [-0.2, 0) is 10.0 Å². The van der Waals surface area contributed by atoms with Crippen LogP contribution in [0.4, 0.5) is 4.39 Å². The van der Waals surface area contributed by atoms with Crippen LogP contribution in [0.3, 0.4) is 0 Å². The number of hydrogen-bond donors (Lipinski definition) is 1. The van der Waals surface area contributed by atoms with Crippen LogP contribution in [-0.4, -0.2) is 36.5 Å². The molecule has 0 aromatic heterocycles. The van der Waals surface area contributed by atoms with Crippen molar-refractivity contribution in [1.29, 1.82) is 5.26 Å². The number of nitrogens with zero attached hydrogens (tertiary/aromatic N) is 2. The molecule has 7 heteroatoms. The van der Waals surface area contributed by atoms with Crippen molar-refractivity contribution in [3.8, 4) is 6.07 Å². The second-order valence-corrected chi connectivity index (χ2v) is 8.11. The molecule has 140 valence electrons. The van der Waals surface area contributed by atoms with Crippen molar-refractivity contribution in [2.45, 2.75) is 29.8 Å². The van der Waals surface area contributed by atoms with Gasteiger partial charge < -0.3 is 5.11 Å². The summed E-state index contributed by atoms with van der Waals surface area (Å²) in [6.07, 6.45) is 3.73. The maximum atomic E-state index is 13.5. The van der Waals surface area contributed by atoms with Crippen LogP contribution in [0.1, 0.15) is 24.0 Å². The summed E-state index contributed by atoms with van der Waals surface area (Å²) in [6, 6.07) is 12.3. The molecule has 0 unspecified atom stereocenters. The van der Waals surface area contributed by atoms with Gasteiger partial charge in [0, 0.05) is 5.92 Å². The highest BCUT2D eigenvalue weighted by Crippen LogP contribution is 2.45. The fraction of sp³-hybridized carbons (Fsp3) is 0.250. The Morgan fingerprint density at radius 3 is 2.63 bits per heavy atom. The van der Waals surface area contributed by atoms with Crippen LogP contribution < -0.4 is 0 Å². The first-order chi connectivity index (χ1) is 13.0. The molecule has 0 spiro atoms. The highest BCUT2D eigenvalue weighted by molar-refractivity contribution is 7.89. The lowest BCUT2D eigenvalue weighted by molar-refractivity contribution is 0.0556. The van der Waals surface area contributed by atoms with Gasteiger partial charge in [0.05, 0.1) is 23.6 Å². The van der Waals surface area contributed by atoms with Crippen LogP contribution in [0.2, 0.25) is 0 Å². The van der Waals surface area contributed by atoms with Crippen molar-refractivity contribution >= 4 is 16.1 Å². The lowest BCUT2D eigenvalue weighted by atomic mass is 9.76. The van der Waals surface area contributed by atoms with Gasteiger partial charge in [-0.15, -0.1) is 0 Å². The van der Waals surface area contributed by atoms with Crippen LogP contribution in [0.25, 0.3) is 6.08 Å². The first kappa shape index (κ1) is 19.2. The fourth-order valence-electron chi connectivity index (χ4n) is 3.56. The minimum Gasteiger partial charge on any atom is -0.395 e. The van der Waals surface area contributed by atoms with E-state index in [9.17, 15) is 23.2 Å². The summed E-state index contributed by atoms with van der Waals surface area (Å²) in [6.45, 7) is 1.42. The predicted octanol–water partition coefficient (Wildman–Crippen LogP) is 2.90. The molecule has 3 atom stereocenters. The molecule has 2 aromatic carbocycles. The summed E-state index contributed by atoms with van der Waals surface area (Å²) in [5.74, 6) is -1.16. The largest absolute Gasteiger partial charge is 0.395 e. The van der Waals surface area contributed by atoms with E-state index in [4.69, 9.17) is 0 Å². The lowest BCUT2D eigenvalue weighted by Crippen LogP contribution is -2.65. The molecule has 0 bridgehead atoms. The number of nitriles is 1. The maximum Gasteiger partial charge on any atom is 0.244 e. The molecule has 3 rings (SSSR count). The Labute approximate surface area is 158 Å². The molecule has 0 saturated carbocycles. The molecule has 5 nitrogen and oxygen atoms in total. The van der Waals surface area contributed by atoms with Crippen LogP contribution >= 0.6 is 0 Å². The minimum atomic E-state index is -4.12. The molecule has 2 aromatic rings. The molecular weight excluding hydrogens is 367 g/mol. The summed E-state index contributed by atoms with van der Waals surface area (Å²) in [7, 11) is -4.12. The first-order valence-electron chi connectivity index (χ1n) is 8.47. The van der Waals surface area contributed by atoms with E-state index < -0.39 is 40.4 Å². The van der Waals surface area contributed by atoms with Crippen LogP contribution in [0.15, 0.2) is 59.5 Å². The zero-order valence-corrected chi connectivity index (χ0v) is 15.5. The lowest BCUT2D eigenvalue weighted by Gasteiger charge is -2.50. The van der Waals surface area contributed by atoms with E-state index in [0.717, 1.165) is 27.6 Å². The Balaban J connectivity index is 2.05. The van der Waals surface area contributed by atoms with Crippen molar-refractivity contribution in [2.75, 3.05) is 6.61 Å². The normalized spacial score (nSPS) is 23.1. The van der Waals surface area contributed by atoms with Gasteiger partial charge in [-0.2, -0.15) is 9.57 Å². The second kappa shape index (κ2) is 7.61. The van der Waals surface area contributed by atoms with Crippen LogP contribution in [0, 0.1) is 17.1 Å². The number of halogens is 1. The van der Waals surface area contributed by atoms with Gasteiger partial charge in [-0.3, -0.25) is 0 Å². The van der Waals surface area contributed by atoms with E-state index in [2.05, 4.69) is 0 Å². The van der Waals surface area contributed by atoms with E-state index in [1.54, 1.807) is 0 Å². The molecule has 0 radical (unpaired) electrons. The Morgan fingerprint density at radius 2 is 2.00 bits per heavy atom. The zero-order valence-electron chi connectivity index (χ0n) is 14.7. The topological polar surface area (TPSA) is 81.4 Å². The summed E-state index contributed by atoms with van der Waals surface area (Å²) < 4.78 is 40.5. The Bertz CT molecular complexity index is 1010. The quantitative estimate of drug-likeness (QED) is 0.857. The zero-order chi connectivity index (χ0) is 19.6. The number of hydrogen-bond acceptors (Lipinski definition) is 4. The smallest absolute Gasteiger partial charge is 0.244 e. The molecule has 1 N–H and O–H groups in total. The van der Waals surface area contributed by atoms with E-state index in [1.165, 1.54) is 12.1 Å². The third-order valence-electron chi connectivity index (χ3n) is 4.75. The van der Waals surface area contributed by atoms with E-state index in [0.29, 0.717) is 0 Å². The molecule has 1 saturated heterocycles. The van der Waals surface area contributed by atoms with Crippen molar-refractivity contribution < 1.29 is 17.9 Å². The van der Waals surface area contributed by atoms with E-state index in [1.807, 2.05) is 49.4 Å². The van der Waals surface area contributed by atoms with Crippen molar-refractivity contribution in [2.24, 2.45) is 0 Å². The Hall–Kier alpha value is -2.53. The molecule has 0 amide bonds. The molecule has 1 aliphatic rings. The van der Waals surface area contributed by atoms with E-state index >= 15 is 0 Å². The van der Waals surface area contributed by atoms with Gasteiger partial charge in [0.1, 0.15) is 11.9 Å². The van der Waals surface area contributed by atoms with Gasteiger partial charge in [-0.05, 0) is 36.2 Å².